The molecule has 0 aromatic rings. The SMILES string of the molecule is CCC=CCC=CCC=CCC=CCC=CCC=CCCC(=O)N1CCN2CC(N(C)C(=O)C=CC(=O)OC)CC2C1. The second-order valence-corrected chi connectivity index (χ2v) is 10.6. The number of fused-ring (bicyclic) bond motifs is 1. The minimum Gasteiger partial charge on any atom is -0.466 e. The molecule has 2 aliphatic heterocycles. The van der Waals surface area contributed by atoms with E-state index in [9.17, 15) is 14.4 Å². The Balaban J connectivity index is 1.56. The molecular weight excluding hydrogens is 526 g/mol. The molecule has 7 nitrogen and oxygen atoms in total. The van der Waals surface area contributed by atoms with Crippen LogP contribution in [0.1, 0.15) is 64.7 Å². The number of carbonyl (C=O) groups excluding carboxylic acids is 3. The lowest BCUT2D eigenvalue weighted by molar-refractivity contribution is -0.135. The fraction of sp³-hybridized carbons (Fsp3) is 0.514. The van der Waals surface area contributed by atoms with Crippen molar-refractivity contribution in [3.05, 3.63) is 85.1 Å². The number of hydrogen-bond donors (Lipinski definition) is 0. The summed E-state index contributed by atoms with van der Waals surface area (Å²) in [7, 11) is 3.05. The van der Waals surface area contributed by atoms with Crippen molar-refractivity contribution in [3.8, 4) is 0 Å². The quantitative estimate of drug-likeness (QED) is 0.122. The van der Waals surface area contributed by atoms with Crippen molar-refractivity contribution in [2.45, 2.75) is 76.8 Å². The second-order valence-electron chi connectivity index (χ2n) is 10.6. The van der Waals surface area contributed by atoms with Gasteiger partial charge in [0.25, 0.3) is 0 Å². The number of hydrogen-bond acceptors (Lipinski definition) is 5. The van der Waals surface area contributed by atoms with Crippen LogP contribution in [-0.4, -0.2) is 84.9 Å². The maximum Gasteiger partial charge on any atom is 0.330 e. The van der Waals surface area contributed by atoms with Gasteiger partial charge in [0.15, 0.2) is 0 Å². The molecule has 0 aromatic heterocycles. The van der Waals surface area contributed by atoms with Gasteiger partial charge in [-0.1, -0.05) is 79.8 Å². The molecule has 2 atom stereocenters. The van der Waals surface area contributed by atoms with Gasteiger partial charge in [0, 0.05) is 63.9 Å². The zero-order valence-electron chi connectivity index (χ0n) is 25.9. The Hall–Kier alpha value is -3.45. The maximum absolute atomic E-state index is 12.8. The molecule has 2 heterocycles. The summed E-state index contributed by atoms with van der Waals surface area (Å²) in [5, 5.41) is 0. The van der Waals surface area contributed by atoms with Crippen LogP contribution in [0.5, 0.6) is 0 Å². The van der Waals surface area contributed by atoms with Crippen molar-refractivity contribution in [2.75, 3.05) is 40.3 Å². The summed E-state index contributed by atoms with van der Waals surface area (Å²) in [6, 6.07) is 0.331. The average molecular weight is 578 g/mol. The molecule has 2 aliphatic rings. The molecule has 0 spiro atoms. The van der Waals surface area contributed by atoms with E-state index < -0.39 is 5.97 Å². The minimum atomic E-state index is -0.543. The summed E-state index contributed by atoms with van der Waals surface area (Å²) in [6.45, 7) is 5.20. The fourth-order valence-electron chi connectivity index (χ4n) is 5.03. The van der Waals surface area contributed by atoms with Gasteiger partial charge in [-0.05, 0) is 51.4 Å². The van der Waals surface area contributed by atoms with Crippen molar-refractivity contribution in [1.29, 1.82) is 0 Å². The normalized spacial score (nSPS) is 20.0. The van der Waals surface area contributed by atoms with Crippen molar-refractivity contribution in [3.63, 3.8) is 0 Å². The summed E-state index contributed by atoms with van der Waals surface area (Å²) in [5.41, 5.74) is 0. The van der Waals surface area contributed by atoms with Crippen LogP contribution in [0, 0.1) is 0 Å². The molecular formula is C35H51N3O4. The van der Waals surface area contributed by atoms with Crippen LogP contribution >= 0.6 is 0 Å². The average Bonchev–Trinajstić information content (AvgIpc) is 3.43. The number of rotatable bonds is 17. The van der Waals surface area contributed by atoms with Crippen molar-refractivity contribution >= 4 is 17.8 Å². The fourth-order valence-corrected chi connectivity index (χ4v) is 5.03. The topological polar surface area (TPSA) is 70.2 Å². The number of amides is 2. The van der Waals surface area contributed by atoms with E-state index in [-0.39, 0.29) is 23.9 Å². The number of ether oxygens (including phenoxy) is 1. The van der Waals surface area contributed by atoms with Crippen LogP contribution in [-0.2, 0) is 19.1 Å². The van der Waals surface area contributed by atoms with Gasteiger partial charge in [-0.3, -0.25) is 14.5 Å². The van der Waals surface area contributed by atoms with E-state index in [0.29, 0.717) is 13.0 Å². The second kappa shape index (κ2) is 21.3. The number of nitrogens with zero attached hydrogens (tertiary/aromatic N) is 3. The van der Waals surface area contributed by atoms with Crippen LogP contribution in [0.2, 0.25) is 0 Å². The molecule has 2 unspecified atom stereocenters. The van der Waals surface area contributed by atoms with Crippen LogP contribution in [0.3, 0.4) is 0 Å². The first-order valence-electron chi connectivity index (χ1n) is 15.4. The molecule has 0 N–H and O–H groups in total. The number of likely N-dealkylation sites (N-methyl/N-ethyl adjacent to an activating group) is 1. The Morgan fingerprint density at radius 2 is 1.31 bits per heavy atom. The molecule has 7 heteroatoms. The van der Waals surface area contributed by atoms with Gasteiger partial charge in [0.05, 0.1) is 7.11 Å². The molecule has 0 saturated carbocycles. The van der Waals surface area contributed by atoms with Crippen LogP contribution < -0.4 is 0 Å². The maximum atomic E-state index is 12.8. The molecule has 230 valence electrons. The third-order valence-electron chi connectivity index (χ3n) is 7.53. The van der Waals surface area contributed by atoms with E-state index in [1.165, 1.54) is 13.2 Å². The molecule has 2 saturated heterocycles. The largest absolute Gasteiger partial charge is 0.466 e. The van der Waals surface area contributed by atoms with E-state index in [2.05, 4.69) is 89.5 Å². The highest BCUT2D eigenvalue weighted by Gasteiger charge is 2.39. The standard InChI is InChI=1S/C35H51N3O4/c1-4-5-6-7-8-9-10-11-12-13-14-15-16-17-18-19-20-21-22-23-34(40)38-27-26-37-29-31(28-32(37)30-38)36(2)33(39)24-25-35(41)42-3/h5-6,8-9,11-12,14-15,17-18,20-21,24-25,31-32H,4,7,10,13,16,19,22-23,26-30H2,1-3H3. The highest BCUT2D eigenvalue weighted by molar-refractivity contribution is 5.94. The first-order valence-corrected chi connectivity index (χ1v) is 15.4. The van der Waals surface area contributed by atoms with Crippen molar-refractivity contribution in [2.24, 2.45) is 0 Å². The van der Waals surface area contributed by atoms with Gasteiger partial charge in [-0.15, -0.1) is 0 Å². The molecule has 2 fully saturated rings. The van der Waals surface area contributed by atoms with E-state index >= 15 is 0 Å². The zero-order valence-corrected chi connectivity index (χ0v) is 25.9. The first-order chi connectivity index (χ1) is 20.5. The zero-order chi connectivity index (χ0) is 30.4. The van der Waals surface area contributed by atoms with E-state index in [4.69, 9.17) is 0 Å². The van der Waals surface area contributed by atoms with Gasteiger partial charge in [0.2, 0.25) is 11.8 Å². The van der Waals surface area contributed by atoms with E-state index in [0.717, 1.165) is 77.1 Å². The predicted octanol–water partition coefficient (Wildman–Crippen LogP) is 5.94. The Bertz CT molecular complexity index is 1040. The summed E-state index contributed by atoms with van der Waals surface area (Å²) in [6.07, 6.45) is 36.6. The number of methoxy groups -OCH3 is 1. The van der Waals surface area contributed by atoms with E-state index in [1.807, 2.05) is 4.90 Å². The Kier molecular flexibility index (Phi) is 17.6. The van der Waals surface area contributed by atoms with Crippen LogP contribution in [0.15, 0.2) is 85.1 Å². The number of esters is 1. The summed E-state index contributed by atoms with van der Waals surface area (Å²) >= 11 is 0. The minimum absolute atomic E-state index is 0.0683. The lowest BCUT2D eigenvalue weighted by Gasteiger charge is -2.37. The summed E-state index contributed by atoms with van der Waals surface area (Å²) in [4.78, 5) is 42.5. The first kappa shape index (κ1) is 34.7. The summed E-state index contributed by atoms with van der Waals surface area (Å²) in [5.74, 6) is -0.559. The summed E-state index contributed by atoms with van der Waals surface area (Å²) < 4.78 is 4.55. The molecule has 42 heavy (non-hydrogen) atoms. The van der Waals surface area contributed by atoms with Crippen LogP contribution in [0.25, 0.3) is 0 Å². The Labute approximate surface area is 253 Å². The lowest BCUT2D eigenvalue weighted by Crippen LogP contribution is -2.52. The Morgan fingerprint density at radius 3 is 1.86 bits per heavy atom. The third-order valence-corrected chi connectivity index (χ3v) is 7.53. The highest BCUT2D eigenvalue weighted by Crippen LogP contribution is 2.25. The van der Waals surface area contributed by atoms with Crippen molar-refractivity contribution < 1.29 is 19.1 Å². The van der Waals surface area contributed by atoms with Gasteiger partial charge in [-0.2, -0.15) is 0 Å². The molecule has 0 radical (unpaired) electrons. The smallest absolute Gasteiger partial charge is 0.330 e. The third kappa shape index (κ3) is 13.9. The van der Waals surface area contributed by atoms with Gasteiger partial charge in [-0.25, -0.2) is 4.79 Å². The molecule has 0 bridgehead atoms. The predicted molar refractivity (Wildman–Crippen MR) is 172 cm³/mol. The van der Waals surface area contributed by atoms with E-state index in [1.54, 1.807) is 11.9 Å². The highest BCUT2D eigenvalue weighted by atomic mass is 16.5. The molecule has 2 rings (SSSR count). The molecule has 0 aliphatic carbocycles. The number of piperazine rings is 1. The van der Waals surface area contributed by atoms with Gasteiger partial charge in [0.1, 0.15) is 0 Å². The van der Waals surface area contributed by atoms with Gasteiger partial charge >= 0.3 is 5.97 Å². The molecule has 2 amide bonds. The van der Waals surface area contributed by atoms with Gasteiger partial charge < -0.3 is 14.5 Å². The number of allylic oxidation sites excluding steroid dienone is 12. The number of carbonyl (C=O) groups is 3. The lowest BCUT2D eigenvalue weighted by atomic mass is 10.1. The monoisotopic (exact) mass is 577 g/mol. The Morgan fingerprint density at radius 1 is 0.762 bits per heavy atom. The molecule has 0 aromatic carbocycles. The van der Waals surface area contributed by atoms with Crippen molar-refractivity contribution in [1.82, 2.24) is 14.7 Å². The van der Waals surface area contributed by atoms with Crippen LogP contribution in [0.4, 0.5) is 0 Å².